The molecule has 1 N–H and O–H groups in total. The van der Waals surface area contributed by atoms with Gasteiger partial charge < -0.3 is 19.2 Å². The van der Waals surface area contributed by atoms with Gasteiger partial charge in [0.05, 0.1) is 17.8 Å². The van der Waals surface area contributed by atoms with Gasteiger partial charge in [0.2, 0.25) is 5.78 Å². The van der Waals surface area contributed by atoms with E-state index in [0.29, 0.717) is 33.1 Å². The average Bonchev–Trinajstić information content (AvgIpc) is 3.15. The fourth-order valence-electron chi connectivity index (χ4n) is 3.30. The van der Waals surface area contributed by atoms with E-state index in [1.54, 1.807) is 42.5 Å². The number of anilines is 1. The molecule has 7 heteroatoms. The van der Waals surface area contributed by atoms with E-state index in [9.17, 15) is 9.59 Å². The lowest BCUT2D eigenvalue weighted by Gasteiger charge is -2.09. The van der Waals surface area contributed by atoms with Crippen LogP contribution in [0.15, 0.2) is 71.1 Å². The smallest absolute Gasteiger partial charge is 0.262 e. The second-order valence-corrected chi connectivity index (χ2v) is 7.54. The maximum atomic E-state index is 13.2. The van der Waals surface area contributed by atoms with Crippen molar-refractivity contribution < 1.29 is 23.5 Å². The summed E-state index contributed by atoms with van der Waals surface area (Å²) in [7, 11) is 1.49. The van der Waals surface area contributed by atoms with Crippen molar-refractivity contribution in [2.75, 3.05) is 19.0 Å². The normalized spacial score (nSPS) is 10.7. The van der Waals surface area contributed by atoms with Crippen LogP contribution in [0, 0.1) is 6.92 Å². The molecule has 1 amide bonds. The number of ether oxygens (including phenoxy) is 2. The van der Waals surface area contributed by atoms with Gasteiger partial charge in [-0.15, -0.1) is 0 Å². The van der Waals surface area contributed by atoms with Crippen LogP contribution in [-0.4, -0.2) is 25.4 Å². The average molecular weight is 450 g/mol. The number of hydrogen-bond donors (Lipinski definition) is 1. The van der Waals surface area contributed by atoms with E-state index in [-0.39, 0.29) is 18.1 Å². The second kappa shape index (κ2) is 9.16. The summed E-state index contributed by atoms with van der Waals surface area (Å²) >= 11 is 6.18. The number of aryl methyl sites for hydroxylation is 1. The van der Waals surface area contributed by atoms with Gasteiger partial charge in [0.25, 0.3) is 5.91 Å². The first-order chi connectivity index (χ1) is 15.5. The van der Waals surface area contributed by atoms with Gasteiger partial charge in [-0.05, 0) is 55.0 Å². The third kappa shape index (κ3) is 4.45. The Bertz CT molecular complexity index is 1310. The van der Waals surface area contributed by atoms with Crippen LogP contribution in [0.4, 0.5) is 5.69 Å². The van der Waals surface area contributed by atoms with E-state index < -0.39 is 11.7 Å². The molecular weight excluding hydrogens is 430 g/mol. The maximum absolute atomic E-state index is 13.2. The van der Waals surface area contributed by atoms with E-state index in [1.807, 2.05) is 25.1 Å². The van der Waals surface area contributed by atoms with Crippen LogP contribution in [0.1, 0.15) is 21.7 Å². The number of fused-ring (bicyclic) bond motifs is 1. The van der Waals surface area contributed by atoms with E-state index in [2.05, 4.69) is 5.32 Å². The molecule has 0 fully saturated rings. The Morgan fingerprint density at radius 2 is 1.84 bits per heavy atom. The zero-order chi connectivity index (χ0) is 22.7. The lowest BCUT2D eigenvalue weighted by Crippen LogP contribution is -2.21. The lowest BCUT2D eigenvalue weighted by atomic mass is 10.1. The van der Waals surface area contributed by atoms with Crippen molar-refractivity contribution in [2.45, 2.75) is 6.92 Å². The monoisotopic (exact) mass is 449 g/mol. The second-order valence-electron chi connectivity index (χ2n) is 7.13. The number of carbonyl (C=O) groups is 2. The van der Waals surface area contributed by atoms with Gasteiger partial charge >= 0.3 is 0 Å². The Hall–Kier alpha value is -3.77. The van der Waals surface area contributed by atoms with Crippen molar-refractivity contribution in [1.29, 1.82) is 0 Å². The number of halogens is 1. The summed E-state index contributed by atoms with van der Waals surface area (Å²) in [5.41, 5.74) is 2.09. The zero-order valence-corrected chi connectivity index (χ0v) is 18.2. The highest BCUT2D eigenvalue weighted by molar-refractivity contribution is 6.32. The highest BCUT2D eigenvalue weighted by Gasteiger charge is 2.24. The maximum Gasteiger partial charge on any atom is 0.262 e. The fraction of sp³-hybridized carbons (Fsp3) is 0.120. The van der Waals surface area contributed by atoms with Crippen LogP contribution >= 0.6 is 11.6 Å². The Kier molecular flexibility index (Phi) is 6.14. The molecule has 3 aromatic carbocycles. The molecule has 6 nitrogen and oxygen atoms in total. The lowest BCUT2D eigenvalue weighted by molar-refractivity contribution is -0.118. The molecule has 0 unspecified atom stereocenters. The van der Waals surface area contributed by atoms with Crippen LogP contribution in [0.5, 0.6) is 11.5 Å². The minimum atomic E-state index is -0.417. The standard InChI is InChI=1S/C25H20ClNO5/c1-15-6-5-7-17(12-15)31-14-22(28)27-23-18-8-3-4-9-20(18)32-25(23)24(29)16-10-11-21(30-2)19(26)13-16/h3-13H,14H2,1-2H3,(H,27,28). The zero-order valence-electron chi connectivity index (χ0n) is 17.5. The largest absolute Gasteiger partial charge is 0.495 e. The third-order valence-electron chi connectivity index (χ3n) is 4.84. The number of furan rings is 1. The van der Waals surface area contributed by atoms with Crippen molar-refractivity contribution in [3.8, 4) is 11.5 Å². The van der Waals surface area contributed by atoms with Crippen LogP contribution in [-0.2, 0) is 4.79 Å². The topological polar surface area (TPSA) is 77.8 Å². The molecule has 0 aliphatic heterocycles. The summed E-state index contributed by atoms with van der Waals surface area (Å²) in [5, 5.41) is 3.68. The van der Waals surface area contributed by atoms with E-state index >= 15 is 0 Å². The van der Waals surface area contributed by atoms with Gasteiger partial charge in [0, 0.05) is 10.9 Å². The molecule has 0 saturated carbocycles. The summed E-state index contributed by atoms with van der Waals surface area (Å²) < 4.78 is 16.5. The van der Waals surface area contributed by atoms with Crippen LogP contribution in [0.2, 0.25) is 5.02 Å². The summed E-state index contributed by atoms with van der Waals surface area (Å²) in [6.07, 6.45) is 0. The van der Waals surface area contributed by atoms with E-state index in [0.717, 1.165) is 5.56 Å². The first kappa shape index (κ1) is 21.5. The van der Waals surface area contributed by atoms with Crippen molar-refractivity contribution in [1.82, 2.24) is 0 Å². The Labute approximate surface area is 189 Å². The minimum Gasteiger partial charge on any atom is -0.495 e. The first-order valence-electron chi connectivity index (χ1n) is 9.85. The number of nitrogens with one attached hydrogen (secondary N) is 1. The van der Waals surface area contributed by atoms with Crippen LogP contribution in [0.25, 0.3) is 11.0 Å². The molecule has 1 aromatic heterocycles. The van der Waals surface area contributed by atoms with E-state index in [1.165, 1.54) is 13.2 Å². The van der Waals surface area contributed by atoms with Gasteiger partial charge in [0.1, 0.15) is 17.1 Å². The van der Waals surface area contributed by atoms with Crippen LogP contribution in [0.3, 0.4) is 0 Å². The number of ketones is 1. The number of hydrogen-bond acceptors (Lipinski definition) is 5. The number of amides is 1. The molecule has 162 valence electrons. The van der Waals surface area contributed by atoms with Crippen LogP contribution < -0.4 is 14.8 Å². The molecule has 32 heavy (non-hydrogen) atoms. The molecule has 1 heterocycles. The molecule has 0 atom stereocenters. The summed E-state index contributed by atoms with van der Waals surface area (Å²) in [5.74, 6) is 0.216. The highest BCUT2D eigenvalue weighted by Crippen LogP contribution is 2.34. The molecule has 4 rings (SSSR count). The third-order valence-corrected chi connectivity index (χ3v) is 5.13. The number of benzene rings is 3. The predicted molar refractivity (Wildman–Crippen MR) is 123 cm³/mol. The van der Waals surface area contributed by atoms with Crippen molar-refractivity contribution in [3.63, 3.8) is 0 Å². The molecule has 4 aromatic rings. The summed E-state index contributed by atoms with van der Waals surface area (Å²) in [6, 6.07) is 19.2. The SMILES string of the molecule is COc1ccc(C(=O)c2oc3ccccc3c2NC(=O)COc2cccc(C)c2)cc1Cl. The van der Waals surface area contributed by atoms with Gasteiger partial charge in [-0.25, -0.2) is 0 Å². The van der Waals surface area contributed by atoms with Crippen molar-refractivity contribution >= 4 is 39.9 Å². The van der Waals surface area contributed by atoms with Gasteiger partial charge in [-0.3, -0.25) is 9.59 Å². The summed E-state index contributed by atoms with van der Waals surface area (Å²) in [6.45, 7) is 1.72. The van der Waals surface area contributed by atoms with E-state index in [4.69, 9.17) is 25.5 Å². The number of rotatable bonds is 7. The number of methoxy groups -OCH3 is 1. The Morgan fingerprint density at radius 3 is 2.59 bits per heavy atom. The molecule has 0 bridgehead atoms. The van der Waals surface area contributed by atoms with Gasteiger partial charge in [-0.2, -0.15) is 0 Å². The summed E-state index contributed by atoms with van der Waals surface area (Å²) in [4.78, 5) is 25.8. The molecular formula is C25H20ClNO5. The van der Waals surface area contributed by atoms with Gasteiger partial charge in [-0.1, -0.05) is 35.9 Å². The Morgan fingerprint density at radius 1 is 1.03 bits per heavy atom. The first-order valence-corrected chi connectivity index (χ1v) is 10.2. The van der Waals surface area contributed by atoms with Crippen molar-refractivity contribution in [2.24, 2.45) is 0 Å². The fourth-order valence-corrected chi connectivity index (χ4v) is 3.56. The Balaban J connectivity index is 1.62. The highest BCUT2D eigenvalue weighted by atomic mass is 35.5. The minimum absolute atomic E-state index is 0.0105. The van der Waals surface area contributed by atoms with Crippen molar-refractivity contribution in [3.05, 3.63) is 88.6 Å². The molecule has 0 saturated heterocycles. The van der Waals surface area contributed by atoms with Gasteiger partial charge in [0.15, 0.2) is 12.4 Å². The number of carbonyl (C=O) groups excluding carboxylic acids is 2. The number of para-hydroxylation sites is 1. The molecule has 0 radical (unpaired) electrons. The quantitative estimate of drug-likeness (QED) is 0.369. The predicted octanol–water partition coefficient (Wildman–Crippen LogP) is 5.65. The molecule has 0 aliphatic rings. The molecule has 0 spiro atoms. The molecule has 0 aliphatic carbocycles.